The van der Waals surface area contributed by atoms with Crippen molar-refractivity contribution in [2.75, 3.05) is 12.4 Å². The molecule has 0 aliphatic heterocycles. The highest BCUT2D eigenvalue weighted by Crippen LogP contribution is 2.68. The number of aromatic nitrogens is 5. The number of aliphatic hydroxyl groups is 1. The highest BCUT2D eigenvalue weighted by atomic mass is 19.3. The quantitative estimate of drug-likeness (QED) is 0.118. The number of nitrogens with zero attached hydrogens (tertiary/aromatic N) is 5. The Labute approximate surface area is 294 Å². The Kier molecular flexibility index (Phi) is 8.56. The standard InChI is InChI=1S/C37H33F6N7O2/c1-36(2,52)11-10-21-8-9-22(23-6-5-7-24-32(23)49(4)48-35(24)44-3)30(45-21)27(14-18-12-19(38)15-20(39)13-18)46-28(51)17-50-33-29(31(47-50)34(40)41)25-16-26(25)37(33,42)43/h5-9,12-13,15,25-27,34,52H,14,16-17H2,1-4H3,(H,44,48)(H,46,51)/t25-,26+,27-/m0/s1. The van der Waals surface area contributed by atoms with Gasteiger partial charge in [0, 0.05) is 48.2 Å². The summed E-state index contributed by atoms with van der Waals surface area (Å²) in [5, 5.41) is 25.2. The molecular weight excluding hydrogens is 688 g/mol. The second kappa shape index (κ2) is 12.7. The summed E-state index contributed by atoms with van der Waals surface area (Å²) in [6.45, 7) is 2.13. The van der Waals surface area contributed by atoms with Crippen molar-refractivity contribution in [2.24, 2.45) is 13.0 Å². The summed E-state index contributed by atoms with van der Waals surface area (Å²) < 4.78 is 89.8. The Morgan fingerprint density at radius 2 is 1.81 bits per heavy atom. The van der Waals surface area contributed by atoms with Crippen LogP contribution < -0.4 is 10.6 Å². The lowest BCUT2D eigenvalue weighted by Gasteiger charge is -2.23. The van der Waals surface area contributed by atoms with Crippen LogP contribution >= 0.6 is 0 Å². The van der Waals surface area contributed by atoms with Crippen LogP contribution in [0.3, 0.4) is 0 Å². The van der Waals surface area contributed by atoms with Gasteiger partial charge in [0.15, 0.2) is 5.82 Å². The van der Waals surface area contributed by atoms with Gasteiger partial charge < -0.3 is 15.7 Å². The maximum atomic E-state index is 15.3. The van der Waals surface area contributed by atoms with E-state index in [1.54, 1.807) is 43.0 Å². The number of aryl methyl sites for hydroxylation is 1. The largest absolute Gasteiger partial charge is 0.378 e. The first-order valence-corrected chi connectivity index (χ1v) is 16.5. The van der Waals surface area contributed by atoms with Gasteiger partial charge in [0.25, 0.3) is 12.3 Å². The summed E-state index contributed by atoms with van der Waals surface area (Å²) >= 11 is 0. The molecule has 0 unspecified atom stereocenters. The number of nitrogens with one attached hydrogen (secondary N) is 2. The Balaban J connectivity index is 1.36. The molecule has 0 bridgehead atoms. The molecule has 2 aliphatic carbocycles. The molecule has 3 aromatic heterocycles. The molecule has 2 aromatic carbocycles. The topological polar surface area (TPSA) is 110 Å². The zero-order chi connectivity index (χ0) is 37.3. The number of halogens is 6. The van der Waals surface area contributed by atoms with Crippen molar-refractivity contribution in [3.8, 4) is 23.0 Å². The molecular formula is C37H33F6N7O2. The van der Waals surface area contributed by atoms with Crippen LogP contribution in [0.15, 0.2) is 48.5 Å². The smallest absolute Gasteiger partial charge is 0.293 e. The van der Waals surface area contributed by atoms with Crippen molar-refractivity contribution in [1.82, 2.24) is 29.9 Å². The molecule has 0 spiro atoms. The summed E-state index contributed by atoms with van der Waals surface area (Å²) in [5.74, 6) is -1.86. The van der Waals surface area contributed by atoms with Crippen molar-refractivity contribution in [1.29, 1.82) is 0 Å². The Morgan fingerprint density at radius 3 is 2.48 bits per heavy atom. The molecule has 1 amide bonds. The zero-order valence-corrected chi connectivity index (χ0v) is 28.4. The number of carbonyl (C=O) groups excluding carboxylic acids is 1. The van der Waals surface area contributed by atoms with Crippen molar-refractivity contribution >= 4 is 22.6 Å². The molecule has 3 N–H and O–H groups in total. The number of benzene rings is 2. The van der Waals surface area contributed by atoms with Crippen LogP contribution in [0.2, 0.25) is 0 Å². The van der Waals surface area contributed by atoms with E-state index < -0.39 is 71.3 Å². The maximum absolute atomic E-state index is 15.3. The third-order valence-electron chi connectivity index (χ3n) is 9.30. The summed E-state index contributed by atoms with van der Waals surface area (Å²) in [4.78, 5) is 18.6. The number of alkyl halides is 4. The number of carbonyl (C=O) groups is 1. The van der Waals surface area contributed by atoms with Crippen LogP contribution in [-0.4, -0.2) is 48.2 Å². The fourth-order valence-corrected chi connectivity index (χ4v) is 7.13. The van der Waals surface area contributed by atoms with Crippen LogP contribution in [0.4, 0.5) is 32.2 Å². The van der Waals surface area contributed by atoms with Gasteiger partial charge in [-0.3, -0.25) is 14.2 Å². The molecule has 270 valence electrons. The number of para-hydroxylation sites is 1. The predicted molar refractivity (Wildman–Crippen MR) is 180 cm³/mol. The Hall–Kier alpha value is -5.36. The monoisotopic (exact) mass is 721 g/mol. The minimum atomic E-state index is -3.45. The molecule has 9 nitrogen and oxygen atoms in total. The summed E-state index contributed by atoms with van der Waals surface area (Å²) in [7, 11) is 3.47. The lowest BCUT2D eigenvalue weighted by Crippen LogP contribution is -2.35. The highest BCUT2D eigenvalue weighted by Gasteiger charge is 2.67. The van der Waals surface area contributed by atoms with E-state index in [-0.39, 0.29) is 35.4 Å². The fourth-order valence-electron chi connectivity index (χ4n) is 7.13. The van der Waals surface area contributed by atoms with Gasteiger partial charge >= 0.3 is 0 Å². The molecule has 7 rings (SSSR count). The van der Waals surface area contributed by atoms with Gasteiger partial charge in [-0.2, -0.15) is 19.0 Å². The minimum Gasteiger partial charge on any atom is -0.378 e. The molecule has 3 heterocycles. The fraction of sp³-hybridized carbons (Fsp3) is 0.351. The predicted octanol–water partition coefficient (Wildman–Crippen LogP) is 6.52. The van der Waals surface area contributed by atoms with E-state index in [1.165, 1.54) is 13.8 Å². The molecule has 0 radical (unpaired) electrons. The van der Waals surface area contributed by atoms with Gasteiger partial charge in [0.2, 0.25) is 5.91 Å². The first-order valence-electron chi connectivity index (χ1n) is 16.5. The van der Waals surface area contributed by atoms with Crippen LogP contribution in [0.5, 0.6) is 0 Å². The van der Waals surface area contributed by atoms with E-state index in [4.69, 9.17) is 4.98 Å². The van der Waals surface area contributed by atoms with Gasteiger partial charge in [-0.05, 0) is 74.4 Å². The number of anilines is 1. The Bertz CT molecular complexity index is 2280. The second-order valence-electron chi connectivity index (χ2n) is 13.6. The molecule has 1 saturated carbocycles. The third kappa shape index (κ3) is 6.36. The van der Waals surface area contributed by atoms with E-state index in [0.29, 0.717) is 33.2 Å². The van der Waals surface area contributed by atoms with Crippen molar-refractivity contribution < 1.29 is 36.2 Å². The average molecular weight is 722 g/mol. The van der Waals surface area contributed by atoms with Gasteiger partial charge in [-0.25, -0.2) is 22.5 Å². The summed E-state index contributed by atoms with van der Waals surface area (Å²) in [6.07, 6.45) is -3.29. The zero-order valence-electron chi connectivity index (χ0n) is 28.4. The number of fused-ring (bicyclic) bond motifs is 4. The van der Waals surface area contributed by atoms with E-state index in [0.717, 1.165) is 17.5 Å². The van der Waals surface area contributed by atoms with Crippen LogP contribution in [0.1, 0.15) is 72.6 Å². The molecule has 15 heteroatoms. The van der Waals surface area contributed by atoms with Crippen LogP contribution in [0.25, 0.3) is 22.0 Å². The molecule has 5 aromatic rings. The van der Waals surface area contributed by atoms with Gasteiger partial charge in [-0.15, -0.1) is 0 Å². The minimum absolute atomic E-state index is 0.0598. The highest BCUT2D eigenvalue weighted by molar-refractivity contribution is 6.00. The third-order valence-corrected chi connectivity index (χ3v) is 9.30. The molecule has 2 aliphatic rings. The Morgan fingerprint density at radius 1 is 1.08 bits per heavy atom. The van der Waals surface area contributed by atoms with E-state index >= 15 is 8.78 Å². The SMILES string of the molecule is CNc1nn(C)c2c(-c3ccc(C#CC(C)(C)O)nc3[C@H](Cc3cc(F)cc(F)c3)NC(=O)Cn3nc(C(F)F)c4c3C(F)(F)[C@@H]3C[C@H]43)cccc12. The summed E-state index contributed by atoms with van der Waals surface area (Å²) in [6, 6.07) is 10.5. The lowest BCUT2D eigenvalue weighted by atomic mass is 9.93. The van der Waals surface area contributed by atoms with Gasteiger partial charge in [-0.1, -0.05) is 18.1 Å². The van der Waals surface area contributed by atoms with Gasteiger partial charge in [0.1, 0.15) is 40.9 Å². The van der Waals surface area contributed by atoms with Gasteiger partial charge in [0.05, 0.1) is 17.3 Å². The number of amides is 1. The van der Waals surface area contributed by atoms with Crippen molar-refractivity contribution in [3.05, 3.63) is 94.1 Å². The maximum Gasteiger partial charge on any atom is 0.293 e. The van der Waals surface area contributed by atoms with E-state index in [2.05, 4.69) is 32.7 Å². The molecule has 1 fully saturated rings. The first-order chi connectivity index (χ1) is 24.5. The van der Waals surface area contributed by atoms with E-state index in [9.17, 15) is 27.5 Å². The number of hydrogen-bond donors (Lipinski definition) is 3. The molecule has 3 atom stereocenters. The average Bonchev–Trinajstić information content (AvgIpc) is 3.60. The first kappa shape index (κ1) is 35.1. The van der Waals surface area contributed by atoms with Crippen LogP contribution in [-0.2, 0) is 30.7 Å². The molecule has 52 heavy (non-hydrogen) atoms. The number of rotatable bonds is 9. The van der Waals surface area contributed by atoms with Crippen LogP contribution in [0, 0.1) is 29.4 Å². The van der Waals surface area contributed by atoms with Crippen molar-refractivity contribution in [3.63, 3.8) is 0 Å². The lowest BCUT2D eigenvalue weighted by molar-refractivity contribution is -0.123. The summed E-state index contributed by atoms with van der Waals surface area (Å²) in [5.41, 5.74) is -0.800. The second-order valence-corrected chi connectivity index (χ2v) is 13.6. The number of pyridine rings is 1. The normalized spacial score (nSPS) is 17.8. The number of hydrogen-bond acceptors (Lipinski definition) is 6. The van der Waals surface area contributed by atoms with Crippen molar-refractivity contribution in [2.45, 2.75) is 63.1 Å². The molecule has 0 saturated heterocycles. The van der Waals surface area contributed by atoms with E-state index in [1.807, 2.05) is 6.07 Å².